The van der Waals surface area contributed by atoms with Crippen LogP contribution in [0.2, 0.25) is 0 Å². The highest BCUT2D eigenvalue weighted by molar-refractivity contribution is 5.98. The summed E-state index contributed by atoms with van der Waals surface area (Å²) in [4.78, 5) is 40.7. The number of aromatic nitrogens is 1. The molecule has 0 fully saturated rings. The predicted octanol–water partition coefficient (Wildman–Crippen LogP) is 3.68. The molecule has 0 radical (unpaired) electrons. The van der Waals surface area contributed by atoms with Crippen LogP contribution in [0, 0.1) is 5.92 Å². The molecule has 3 rings (SSSR count). The molecule has 180 valence electrons. The zero-order valence-corrected chi connectivity index (χ0v) is 19.5. The van der Waals surface area contributed by atoms with Crippen molar-refractivity contribution in [3.63, 3.8) is 0 Å². The van der Waals surface area contributed by atoms with Crippen LogP contribution in [0.1, 0.15) is 19.4 Å². The minimum absolute atomic E-state index is 0.129. The third-order valence-corrected chi connectivity index (χ3v) is 5.15. The number of carbonyl (C=O) groups is 3. The molecular weight excluding hydrogens is 436 g/mol. The van der Waals surface area contributed by atoms with Gasteiger partial charge in [0.15, 0.2) is 0 Å². The SMILES string of the molecule is COCCOC(=O)Nc1cccc(NC(=O)C(Cc2c[nH]c3ccccc23)NC(=O)C(C)C)c1. The molecule has 3 amide bonds. The lowest BCUT2D eigenvalue weighted by Gasteiger charge is -2.20. The molecule has 1 aromatic heterocycles. The zero-order chi connectivity index (χ0) is 24.5. The average molecular weight is 467 g/mol. The molecular formula is C25H30N4O5. The van der Waals surface area contributed by atoms with E-state index in [0.717, 1.165) is 16.5 Å². The van der Waals surface area contributed by atoms with E-state index in [1.807, 2.05) is 30.5 Å². The molecule has 3 aromatic rings. The predicted molar refractivity (Wildman–Crippen MR) is 131 cm³/mol. The van der Waals surface area contributed by atoms with Crippen LogP contribution in [-0.4, -0.2) is 49.3 Å². The second kappa shape index (κ2) is 11.9. The number of hydrogen-bond acceptors (Lipinski definition) is 5. The van der Waals surface area contributed by atoms with Crippen LogP contribution >= 0.6 is 0 Å². The average Bonchev–Trinajstić information content (AvgIpc) is 3.21. The highest BCUT2D eigenvalue weighted by Crippen LogP contribution is 2.20. The molecule has 9 heteroatoms. The van der Waals surface area contributed by atoms with Gasteiger partial charge < -0.3 is 25.1 Å². The molecule has 0 aliphatic rings. The molecule has 9 nitrogen and oxygen atoms in total. The van der Waals surface area contributed by atoms with Crippen molar-refractivity contribution in [2.24, 2.45) is 5.92 Å². The Labute approximate surface area is 198 Å². The number of aromatic amines is 1. The zero-order valence-electron chi connectivity index (χ0n) is 19.5. The van der Waals surface area contributed by atoms with Crippen LogP contribution < -0.4 is 16.0 Å². The molecule has 2 aromatic carbocycles. The van der Waals surface area contributed by atoms with Crippen molar-refractivity contribution < 1.29 is 23.9 Å². The Kier molecular flexibility index (Phi) is 8.64. The van der Waals surface area contributed by atoms with Gasteiger partial charge in [0.2, 0.25) is 11.8 Å². The molecule has 0 aliphatic carbocycles. The van der Waals surface area contributed by atoms with Gasteiger partial charge in [-0.2, -0.15) is 0 Å². The van der Waals surface area contributed by atoms with Crippen LogP contribution in [-0.2, 0) is 25.5 Å². The van der Waals surface area contributed by atoms with Crippen LogP contribution in [0.4, 0.5) is 16.2 Å². The Hall–Kier alpha value is -3.85. The fourth-order valence-electron chi connectivity index (χ4n) is 3.34. The van der Waals surface area contributed by atoms with Gasteiger partial charge in [0.1, 0.15) is 12.6 Å². The van der Waals surface area contributed by atoms with Crippen molar-refractivity contribution in [3.8, 4) is 0 Å². The van der Waals surface area contributed by atoms with Crippen LogP contribution in [0.5, 0.6) is 0 Å². The van der Waals surface area contributed by atoms with Crippen LogP contribution in [0.3, 0.4) is 0 Å². The minimum Gasteiger partial charge on any atom is -0.447 e. The van der Waals surface area contributed by atoms with Gasteiger partial charge in [-0.25, -0.2) is 4.79 Å². The first-order valence-electron chi connectivity index (χ1n) is 11.1. The van der Waals surface area contributed by atoms with E-state index in [9.17, 15) is 14.4 Å². The Morgan fingerprint density at radius 3 is 2.41 bits per heavy atom. The number of ether oxygens (including phenoxy) is 2. The van der Waals surface area contributed by atoms with Crippen molar-refractivity contribution in [1.82, 2.24) is 10.3 Å². The van der Waals surface area contributed by atoms with Gasteiger partial charge in [-0.05, 0) is 29.8 Å². The van der Waals surface area contributed by atoms with Gasteiger partial charge in [0.05, 0.1) is 6.61 Å². The monoisotopic (exact) mass is 466 g/mol. The maximum Gasteiger partial charge on any atom is 0.411 e. The van der Waals surface area contributed by atoms with E-state index >= 15 is 0 Å². The first-order chi connectivity index (χ1) is 16.4. The van der Waals surface area contributed by atoms with Crippen molar-refractivity contribution in [1.29, 1.82) is 0 Å². The Morgan fingerprint density at radius 2 is 1.68 bits per heavy atom. The smallest absolute Gasteiger partial charge is 0.411 e. The lowest BCUT2D eigenvalue weighted by Crippen LogP contribution is -2.46. The summed E-state index contributed by atoms with van der Waals surface area (Å²) in [5.41, 5.74) is 2.82. The minimum atomic E-state index is -0.787. The molecule has 0 bridgehead atoms. The van der Waals surface area contributed by atoms with Crippen LogP contribution in [0.25, 0.3) is 10.9 Å². The third kappa shape index (κ3) is 6.82. The number of hydrogen-bond donors (Lipinski definition) is 4. The van der Waals surface area contributed by atoms with E-state index in [-0.39, 0.29) is 24.3 Å². The summed E-state index contributed by atoms with van der Waals surface area (Å²) < 4.78 is 9.84. The van der Waals surface area contributed by atoms with Gasteiger partial charge in [-0.15, -0.1) is 0 Å². The fourth-order valence-corrected chi connectivity index (χ4v) is 3.34. The fraction of sp³-hybridized carbons (Fsp3) is 0.320. The highest BCUT2D eigenvalue weighted by Gasteiger charge is 2.24. The normalized spacial score (nSPS) is 11.8. The van der Waals surface area contributed by atoms with E-state index in [2.05, 4.69) is 20.9 Å². The van der Waals surface area contributed by atoms with Crippen molar-refractivity contribution in [2.75, 3.05) is 31.0 Å². The van der Waals surface area contributed by atoms with Gasteiger partial charge in [0, 0.05) is 47.9 Å². The lowest BCUT2D eigenvalue weighted by molar-refractivity contribution is -0.128. The largest absolute Gasteiger partial charge is 0.447 e. The van der Waals surface area contributed by atoms with E-state index in [1.54, 1.807) is 38.1 Å². The van der Waals surface area contributed by atoms with Gasteiger partial charge in [-0.1, -0.05) is 38.1 Å². The van der Waals surface area contributed by atoms with Crippen molar-refractivity contribution in [2.45, 2.75) is 26.3 Å². The summed E-state index contributed by atoms with van der Waals surface area (Å²) >= 11 is 0. The quantitative estimate of drug-likeness (QED) is 0.340. The van der Waals surface area contributed by atoms with E-state index in [1.165, 1.54) is 7.11 Å². The summed E-state index contributed by atoms with van der Waals surface area (Å²) in [7, 11) is 1.52. The Bertz CT molecular complexity index is 1140. The topological polar surface area (TPSA) is 122 Å². The molecule has 34 heavy (non-hydrogen) atoms. The molecule has 1 heterocycles. The van der Waals surface area contributed by atoms with E-state index < -0.39 is 12.1 Å². The summed E-state index contributed by atoms with van der Waals surface area (Å²) in [5, 5.41) is 9.29. The summed E-state index contributed by atoms with van der Waals surface area (Å²) in [6, 6.07) is 13.7. The van der Waals surface area contributed by atoms with Crippen LogP contribution in [0.15, 0.2) is 54.7 Å². The number of nitrogens with one attached hydrogen (secondary N) is 4. The molecule has 0 spiro atoms. The Morgan fingerprint density at radius 1 is 0.941 bits per heavy atom. The Balaban J connectivity index is 1.72. The second-order valence-corrected chi connectivity index (χ2v) is 8.10. The number of benzene rings is 2. The molecule has 0 saturated carbocycles. The third-order valence-electron chi connectivity index (χ3n) is 5.15. The standard InChI is InChI=1S/C25H30N4O5/c1-16(2)23(30)29-22(13-17-15-26-21-10-5-4-9-20(17)21)24(31)27-18-7-6-8-19(14-18)28-25(32)34-12-11-33-3/h4-10,14-16,22,26H,11-13H2,1-3H3,(H,27,31)(H,28,32)(H,29,30). The number of methoxy groups -OCH3 is 1. The summed E-state index contributed by atoms with van der Waals surface area (Å²) in [6.45, 7) is 3.97. The molecule has 0 saturated heterocycles. The number of H-pyrrole nitrogens is 1. The number of amides is 3. The maximum atomic E-state index is 13.2. The number of fused-ring (bicyclic) bond motifs is 1. The highest BCUT2D eigenvalue weighted by atomic mass is 16.6. The second-order valence-electron chi connectivity index (χ2n) is 8.10. The van der Waals surface area contributed by atoms with E-state index in [4.69, 9.17) is 9.47 Å². The summed E-state index contributed by atoms with van der Waals surface area (Å²) in [6.07, 6.45) is 1.55. The van der Waals surface area contributed by atoms with E-state index in [0.29, 0.717) is 24.4 Å². The molecule has 0 aliphatic heterocycles. The van der Waals surface area contributed by atoms with Crippen molar-refractivity contribution >= 4 is 40.2 Å². The van der Waals surface area contributed by atoms with Gasteiger partial charge in [0.25, 0.3) is 0 Å². The number of rotatable bonds is 10. The molecule has 4 N–H and O–H groups in total. The van der Waals surface area contributed by atoms with Gasteiger partial charge in [-0.3, -0.25) is 14.9 Å². The van der Waals surface area contributed by atoms with Gasteiger partial charge >= 0.3 is 6.09 Å². The summed E-state index contributed by atoms with van der Waals surface area (Å²) in [5.74, 6) is -0.844. The number of para-hydroxylation sites is 1. The molecule has 1 unspecified atom stereocenters. The lowest BCUT2D eigenvalue weighted by atomic mass is 10.0. The maximum absolute atomic E-state index is 13.2. The molecule has 1 atom stereocenters. The van der Waals surface area contributed by atoms with Crippen molar-refractivity contribution in [3.05, 3.63) is 60.3 Å². The number of carbonyl (C=O) groups excluding carboxylic acids is 3. The first-order valence-corrected chi connectivity index (χ1v) is 11.1. The number of anilines is 2. The first kappa shape index (κ1) is 24.8.